The molecule has 0 bridgehead atoms. The van der Waals surface area contributed by atoms with Gasteiger partial charge in [-0.2, -0.15) is 0 Å². The number of hydrogen-bond donors (Lipinski definition) is 0. The smallest absolute Gasteiger partial charge is 0.212 e. The first kappa shape index (κ1) is 15.4. The van der Waals surface area contributed by atoms with Crippen molar-refractivity contribution >= 4 is 23.4 Å². The molecule has 2 aliphatic heterocycles. The zero-order valence-electron chi connectivity index (χ0n) is 14.3. The minimum Gasteiger partial charge on any atom is -0.493 e. The van der Waals surface area contributed by atoms with Crippen molar-refractivity contribution in [3.8, 4) is 11.5 Å². The molecule has 4 heteroatoms. The summed E-state index contributed by atoms with van der Waals surface area (Å²) in [4.78, 5) is 2.20. The fraction of sp³-hybridized carbons (Fsp3) is 0.300. The molecule has 1 unspecified atom stereocenters. The first-order valence-electron chi connectivity index (χ1n) is 8.00. The van der Waals surface area contributed by atoms with Crippen LogP contribution < -0.4 is 14.4 Å². The predicted molar refractivity (Wildman–Crippen MR) is 98.3 cm³/mol. The Morgan fingerprint density at radius 3 is 2.62 bits per heavy atom. The molecule has 3 nitrogen and oxygen atoms in total. The van der Waals surface area contributed by atoms with Gasteiger partial charge in [-0.3, -0.25) is 0 Å². The van der Waals surface area contributed by atoms with Crippen LogP contribution in [0.4, 0.5) is 5.69 Å². The Morgan fingerprint density at radius 1 is 1.17 bits per heavy atom. The van der Waals surface area contributed by atoms with Gasteiger partial charge in [-0.1, -0.05) is 29.8 Å². The summed E-state index contributed by atoms with van der Waals surface area (Å²) in [6, 6.07) is 12.1. The molecule has 0 amide bonds. The third-order valence-corrected chi connectivity index (χ3v) is 5.57. The van der Waals surface area contributed by atoms with E-state index in [9.17, 15) is 0 Å². The van der Waals surface area contributed by atoms with Crippen LogP contribution >= 0.6 is 11.6 Å². The van der Waals surface area contributed by atoms with Crippen molar-refractivity contribution in [2.24, 2.45) is 0 Å². The van der Waals surface area contributed by atoms with Crippen molar-refractivity contribution in [2.75, 3.05) is 19.1 Å². The van der Waals surface area contributed by atoms with E-state index < -0.39 is 5.72 Å². The van der Waals surface area contributed by atoms with Gasteiger partial charge in [0.25, 0.3) is 0 Å². The van der Waals surface area contributed by atoms with E-state index >= 15 is 0 Å². The molecule has 0 radical (unpaired) electrons. The Labute approximate surface area is 147 Å². The van der Waals surface area contributed by atoms with Gasteiger partial charge in [0.1, 0.15) is 0 Å². The molecule has 0 saturated carbocycles. The number of likely N-dealkylation sites (N-methyl/N-ethyl adjacent to an activating group) is 1. The van der Waals surface area contributed by atoms with E-state index in [4.69, 9.17) is 21.1 Å². The van der Waals surface area contributed by atoms with Gasteiger partial charge in [0.15, 0.2) is 11.5 Å². The molecule has 2 aromatic rings. The minimum absolute atomic E-state index is 0.225. The Kier molecular flexibility index (Phi) is 3.17. The molecule has 1 atom stereocenters. The van der Waals surface area contributed by atoms with Gasteiger partial charge in [-0.25, -0.2) is 0 Å². The number of rotatable bonds is 1. The van der Waals surface area contributed by atoms with E-state index in [1.165, 1.54) is 11.3 Å². The number of ether oxygens (including phenoxy) is 2. The van der Waals surface area contributed by atoms with Gasteiger partial charge in [0.2, 0.25) is 5.72 Å². The number of benzene rings is 2. The van der Waals surface area contributed by atoms with Crippen LogP contribution in [-0.4, -0.2) is 19.9 Å². The molecule has 24 heavy (non-hydrogen) atoms. The standard InChI is InChI=1S/C20H20ClNO2/c1-19(2)15-7-5-6-8-16(15)22(3)20(19)10-9-13-11-14(21)12-17(23-4)18(13)24-20/h5-12H,1-4H3. The van der Waals surface area contributed by atoms with E-state index in [1.807, 2.05) is 6.07 Å². The molecule has 0 N–H and O–H groups in total. The van der Waals surface area contributed by atoms with Gasteiger partial charge >= 0.3 is 0 Å². The molecule has 1 spiro atoms. The summed E-state index contributed by atoms with van der Waals surface area (Å²) in [5.41, 5.74) is 2.56. The van der Waals surface area contributed by atoms with Gasteiger partial charge < -0.3 is 14.4 Å². The molecule has 0 aromatic heterocycles. The normalized spacial score (nSPS) is 23.0. The monoisotopic (exact) mass is 341 g/mol. The highest BCUT2D eigenvalue weighted by Crippen LogP contribution is 2.55. The lowest BCUT2D eigenvalue weighted by Gasteiger charge is -2.46. The summed E-state index contributed by atoms with van der Waals surface area (Å²) in [7, 11) is 3.71. The SMILES string of the molecule is COc1cc(Cl)cc2c1OC1(C=C2)N(C)c2ccccc2C1(C)C. The molecule has 0 fully saturated rings. The fourth-order valence-corrected chi connectivity index (χ4v) is 4.18. The van der Waals surface area contributed by atoms with E-state index in [0.717, 1.165) is 11.3 Å². The number of nitrogens with zero attached hydrogens (tertiary/aromatic N) is 1. The van der Waals surface area contributed by atoms with Crippen LogP contribution in [-0.2, 0) is 5.41 Å². The summed E-state index contributed by atoms with van der Waals surface area (Å²) >= 11 is 6.19. The van der Waals surface area contributed by atoms with Crippen LogP contribution in [0.25, 0.3) is 6.08 Å². The number of methoxy groups -OCH3 is 1. The van der Waals surface area contributed by atoms with Crippen molar-refractivity contribution in [1.29, 1.82) is 0 Å². The molecular formula is C20H20ClNO2. The Bertz CT molecular complexity index is 859. The summed E-state index contributed by atoms with van der Waals surface area (Å²) < 4.78 is 12.1. The molecular weight excluding hydrogens is 322 g/mol. The summed E-state index contributed by atoms with van der Waals surface area (Å²) in [5.74, 6) is 1.39. The molecule has 2 aliphatic rings. The largest absolute Gasteiger partial charge is 0.493 e. The van der Waals surface area contributed by atoms with Crippen molar-refractivity contribution in [1.82, 2.24) is 0 Å². The van der Waals surface area contributed by atoms with Crippen molar-refractivity contribution in [3.05, 3.63) is 58.6 Å². The first-order chi connectivity index (χ1) is 11.4. The predicted octanol–water partition coefficient (Wildman–Crippen LogP) is 4.88. The topological polar surface area (TPSA) is 21.7 Å². The van der Waals surface area contributed by atoms with E-state index in [0.29, 0.717) is 10.8 Å². The van der Waals surface area contributed by atoms with Crippen LogP contribution in [0, 0.1) is 0 Å². The molecule has 2 aromatic carbocycles. The molecule has 0 saturated heterocycles. The maximum atomic E-state index is 6.62. The third-order valence-electron chi connectivity index (χ3n) is 5.35. The van der Waals surface area contributed by atoms with Crippen LogP contribution in [0.3, 0.4) is 0 Å². The van der Waals surface area contributed by atoms with Gasteiger partial charge in [-0.15, -0.1) is 0 Å². The zero-order chi connectivity index (χ0) is 17.1. The second-order valence-electron chi connectivity index (χ2n) is 6.86. The van der Waals surface area contributed by atoms with Crippen LogP contribution in [0.15, 0.2) is 42.5 Å². The highest BCUT2D eigenvalue weighted by molar-refractivity contribution is 6.31. The highest BCUT2D eigenvalue weighted by Gasteiger charge is 2.57. The van der Waals surface area contributed by atoms with E-state index in [-0.39, 0.29) is 5.41 Å². The van der Waals surface area contributed by atoms with Crippen molar-refractivity contribution in [3.63, 3.8) is 0 Å². The second-order valence-corrected chi connectivity index (χ2v) is 7.30. The van der Waals surface area contributed by atoms with E-state index in [2.05, 4.69) is 62.2 Å². The highest BCUT2D eigenvalue weighted by atomic mass is 35.5. The van der Waals surface area contributed by atoms with Gasteiger partial charge in [-0.05, 0) is 43.7 Å². The lowest BCUT2D eigenvalue weighted by atomic mass is 9.76. The second kappa shape index (κ2) is 4.93. The number of anilines is 1. The molecule has 2 heterocycles. The van der Waals surface area contributed by atoms with Gasteiger partial charge in [0.05, 0.1) is 12.5 Å². The Hall–Kier alpha value is -2.13. The Balaban J connectivity index is 1.91. The summed E-state index contributed by atoms with van der Waals surface area (Å²) in [6.07, 6.45) is 4.21. The quantitative estimate of drug-likeness (QED) is 0.738. The molecule has 124 valence electrons. The average Bonchev–Trinajstić information content (AvgIpc) is 2.74. The van der Waals surface area contributed by atoms with Crippen LogP contribution in [0.1, 0.15) is 25.0 Å². The number of fused-ring (bicyclic) bond motifs is 2. The third kappa shape index (κ3) is 1.79. The lowest BCUT2D eigenvalue weighted by molar-refractivity contribution is 0.0552. The van der Waals surface area contributed by atoms with Gasteiger partial charge in [0, 0.05) is 29.4 Å². The maximum absolute atomic E-state index is 6.62. The Morgan fingerprint density at radius 2 is 1.92 bits per heavy atom. The van der Waals surface area contributed by atoms with E-state index in [1.54, 1.807) is 13.2 Å². The lowest BCUT2D eigenvalue weighted by Crippen LogP contribution is -2.58. The maximum Gasteiger partial charge on any atom is 0.212 e. The van der Waals surface area contributed by atoms with Crippen molar-refractivity contribution in [2.45, 2.75) is 25.0 Å². The fourth-order valence-electron chi connectivity index (χ4n) is 3.97. The molecule has 0 aliphatic carbocycles. The van der Waals surface area contributed by atoms with Crippen LogP contribution in [0.5, 0.6) is 11.5 Å². The minimum atomic E-state index is -0.606. The zero-order valence-corrected chi connectivity index (χ0v) is 15.0. The number of hydrogen-bond acceptors (Lipinski definition) is 3. The summed E-state index contributed by atoms with van der Waals surface area (Å²) in [5, 5.41) is 0.636. The van der Waals surface area contributed by atoms with Crippen LogP contribution in [0.2, 0.25) is 5.02 Å². The van der Waals surface area contributed by atoms with Crippen molar-refractivity contribution < 1.29 is 9.47 Å². The summed E-state index contributed by atoms with van der Waals surface area (Å²) in [6.45, 7) is 4.43. The molecule has 4 rings (SSSR count). The number of halogens is 1. The average molecular weight is 342 g/mol. The first-order valence-corrected chi connectivity index (χ1v) is 8.37. The number of para-hydroxylation sites is 1.